The van der Waals surface area contributed by atoms with Crippen molar-refractivity contribution in [1.29, 1.82) is 0 Å². The first kappa shape index (κ1) is 23.2. The van der Waals surface area contributed by atoms with Gasteiger partial charge in [0.15, 0.2) is 0 Å². The zero-order valence-corrected chi connectivity index (χ0v) is 20.3. The average Bonchev–Trinajstić information content (AvgIpc) is 2.84. The average molecular weight is 480 g/mol. The molecule has 7 heteroatoms. The first-order valence-electron chi connectivity index (χ1n) is 10.8. The van der Waals surface area contributed by atoms with Gasteiger partial charge in [-0.3, -0.25) is 5.09 Å². The van der Waals surface area contributed by atoms with Gasteiger partial charge in [0, 0.05) is 34.7 Å². The van der Waals surface area contributed by atoms with E-state index < -0.39 is 12.2 Å². The molecule has 1 unspecified atom stereocenters. The lowest BCUT2D eigenvalue weighted by Crippen LogP contribution is -2.32. The second-order valence-electron chi connectivity index (χ2n) is 7.53. The van der Waals surface area contributed by atoms with E-state index in [1.165, 1.54) is 6.08 Å². The molecule has 1 aliphatic heterocycles. The van der Waals surface area contributed by atoms with E-state index >= 15 is 0 Å². The maximum atomic E-state index is 12.1. The first-order valence-corrected chi connectivity index (χ1v) is 13.6. The second-order valence-corrected chi connectivity index (χ2v) is 11.7. The highest BCUT2D eigenvalue weighted by molar-refractivity contribution is 8.20. The zero-order valence-electron chi connectivity index (χ0n) is 18.6. The SMILES string of the molecule is CCOC(=O)/C=C1\CC(NP(=S)(c2ccccc2)c2ccccc2)c2ccc(OC)cc2O1. The van der Waals surface area contributed by atoms with Crippen LogP contribution < -0.4 is 25.2 Å². The molecule has 1 heterocycles. The largest absolute Gasteiger partial charge is 0.497 e. The molecular weight excluding hydrogens is 453 g/mol. The number of rotatable bonds is 7. The summed E-state index contributed by atoms with van der Waals surface area (Å²) in [5, 5.41) is 5.95. The minimum atomic E-state index is -2.39. The quantitative estimate of drug-likeness (QED) is 0.304. The molecule has 0 bridgehead atoms. The molecule has 1 N–H and O–H groups in total. The van der Waals surface area contributed by atoms with Crippen molar-refractivity contribution in [2.45, 2.75) is 19.4 Å². The normalized spacial score (nSPS) is 16.5. The highest BCUT2D eigenvalue weighted by Gasteiger charge is 2.32. The summed E-state index contributed by atoms with van der Waals surface area (Å²) in [5.41, 5.74) is 0.970. The minimum Gasteiger partial charge on any atom is -0.497 e. The monoisotopic (exact) mass is 479 g/mol. The van der Waals surface area contributed by atoms with E-state index in [-0.39, 0.29) is 6.04 Å². The molecule has 0 saturated carbocycles. The molecule has 5 nitrogen and oxygen atoms in total. The van der Waals surface area contributed by atoms with Crippen molar-refractivity contribution in [3.05, 3.63) is 96.3 Å². The van der Waals surface area contributed by atoms with Crippen molar-refractivity contribution in [2.75, 3.05) is 13.7 Å². The highest BCUT2D eigenvalue weighted by atomic mass is 32.4. The van der Waals surface area contributed by atoms with Crippen LogP contribution in [0.3, 0.4) is 0 Å². The Morgan fingerprint density at radius 3 is 2.30 bits per heavy atom. The lowest BCUT2D eigenvalue weighted by atomic mass is 9.99. The van der Waals surface area contributed by atoms with Crippen molar-refractivity contribution in [3.63, 3.8) is 0 Å². The topological polar surface area (TPSA) is 56.8 Å². The van der Waals surface area contributed by atoms with Gasteiger partial charge < -0.3 is 14.2 Å². The molecule has 1 aliphatic rings. The van der Waals surface area contributed by atoms with Crippen LogP contribution in [0.1, 0.15) is 24.9 Å². The van der Waals surface area contributed by atoms with Gasteiger partial charge in [-0.05, 0) is 13.0 Å². The van der Waals surface area contributed by atoms with Gasteiger partial charge in [-0.1, -0.05) is 78.5 Å². The maximum absolute atomic E-state index is 12.1. The fraction of sp³-hybridized carbons (Fsp3) is 0.192. The lowest BCUT2D eigenvalue weighted by Gasteiger charge is -2.34. The lowest BCUT2D eigenvalue weighted by molar-refractivity contribution is -0.137. The predicted molar refractivity (Wildman–Crippen MR) is 135 cm³/mol. The number of hydrogen-bond acceptors (Lipinski definition) is 5. The molecule has 0 fully saturated rings. The van der Waals surface area contributed by atoms with Crippen LogP contribution in [-0.2, 0) is 21.3 Å². The highest BCUT2D eigenvalue weighted by Crippen LogP contribution is 2.47. The summed E-state index contributed by atoms with van der Waals surface area (Å²) < 4.78 is 16.5. The third-order valence-electron chi connectivity index (χ3n) is 5.39. The summed E-state index contributed by atoms with van der Waals surface area (Å²) >= 11 is 6.38. The van der Waals surface area contributed by atoms with E-state index in [0.717, 1.165) is 16.2 Å². The maximum Gasteiger partial charge on any atom is 0.334 e. The molecule has 0 saturated heterocycles. The number of ether oxygens (including phenoxy) is 3. The van der Waals surface area contributed by atoms with Crippen LogP contribution in [0.15, 0.2) is 90.7 Å². The van der Waals surface area contributed by atoms with Crippen LogP contribution in [0.25, 0.3) is 0 Å². The van der Waals surface area contributed by atoms with Crippen molar-refractivity contribution >= 4 is 34.6 Å². The summed E-state index contributed by atoms with van der Waals surface area (Å²) in [4.78, 5) is 12.1. The van der Waals surface area contributed by atoms with E-state index in [1.807, 2.05) is 54.6 Å². The van der Waals surface area contributed by atoms with Gasteiger partial charge in [-0.15, -0.1) is 0 Å². The van der Waals surface area contributed by atoms with Crippen molar-refractivity contribution in [2.24, 2.45) is 0 Å². The first-order chi connectivity index (χ1) is 16.0. The predicted octanol–water partition coefficient (Wildman–Crippen LogP) is 4.60. The number of fused-ring (bicyclic) bond motifs is 1. The molecular formula is C26H26NO4PS. The third kappa shape index (κ3) is 5.19. The smallest absolute Gasteiger partial charge is 0.334 e. The van der Waals surface area contributed by atoms with Gasteiger partial charge in [0.25, 0.3) is 0 Å². The molecule has 0 aromatic heterocycles. The molecule has 4 rings (SSSR count). The third-order valence-corrected chi connectivity index (χ3v) is 9.69. The Kier molecular flexibility index (Phi) is 7.29. The number of carbonyl (C=O) groups is 1. The summed E-state index contributed by atoms with van der Waals surface area (Å²) in [7, 11) is 1.61. The zero-order chi connectivity index (χ0) is 23.3. The molecule has 170 valence electrons. The fourth-order valence-electron chi connectivity index (χ4n) is 3.82. The minimum absolute atomic E-state index is 0.161. The van der Waals surface area contributed by atoms with E-state index in [2.05, 4.69) is 29.4 Å². The number of esters is 1. The summed E-state index contributed by atoms with van der Waals surface area (Å²) in [6, 6.07) is 25.9. The molecule has 0 aliphatic carbocycles. The van der Waals surface area contributed by atoms with Crippen LogP contribution in [-0.4, -0.2) is 19.7 Å². The Bertz CT molecular complexity index is 1150. The Hall–Kier alpha value is -2.92. The number of carbonyl (C=O) groups excluding carboxylic acids is 1. The van der Waals surface area contributed by atoms with Crippen LogP contribution in [0.5, 0.6) is 11.5 Å². The Labute approximate surface area is 199 Å². The van der Waals surface area contributed by atoms with Crippen LogP contribution in [0, 0.1) is 0 Å². The van der Waals surface area contributed by atoms with Crippen molar-refractivity contribution in [1.82, 2.24) is 5.09 Å². The molecule has 3 aromatic carbocycles. The number of benzene rings is 3. The van der Waals surface area contributed by atoms with E-state index in [9.17, 15) is 4.79 Å². The van der Waals surface area contributed by atoms with Gasteiger partial charge in [-0.2, -0.15) is 0 Å². The van der Waals surface area contributed by atoms with Crippen molar-refractivity contribution < 1.29 is 19.0 Å². The Balaban J connectivity index is 1.78. The molecule has 3 aromatic rings. The van der Waals surface area contributed by atoms with Gasteiger partial charge in [0.05, 0.1) is 26.0 Å². The van der Waals surface area contributed by atoms with Crippen molar-refractivity contribution in [3.8, 4) is 11.5 Å². The van der Waals surface area contributed by atoms with Gasteiger partial charge in [-0.25, -0.2) is 4.79 Å². The molecule has 0 amide bonds. The summed E-state index contributed by atoms with van der Waals surface area (Å²) in [6.07, 6.45) is -0.507. The Morgan fingerprint density at radius 2 is 1.73 bits per heavy atom. The van der Waals surface area contributed by atoms with Gasteiger partial charge in [0.2, 0.25) is 0 Å². The summed E-state index contributed by atoms with van der Waals surface area (Å²) in [6.45, 7) is 2.08. The number of hydrogen-bond donors (Lipinski definition) is 1. The molecule has 33 heavy (non-hydrogen) atoms. The standard InChI is InChI=1S/C26H26NO4PS/c1-3-30-26(28)18-20-16-24(23-15-14-19(29-2)17-25(23)31-20)27-32(33,21-10-6-4-7-11-21)22-12-8-5-9-13-22/h4-15,17-18,24H,3,16H2,1-2H3,(H,27,33)/b20-18+. The van der Waals surface area contributed by atoms with E-state index in [1.54, 1.807) is 14.0 Å². The fourth-order valence-corrected chi connectivity index (χ4v) is 7.39. The molecule has 0 radical (unpaired) electrons. The van der Waals surface area contributed by atoms with Crippen LogP contribution >= 0.6 is 6.19 Å². The van der Waals surface area contributed by atoms with Gasteiger partial charge >= 0.3 is 5.97 Å². The van der Waals surface area contributed by atoms with Gasteiger partial charge in [0.1, 0.15) is 17.3 Å². The molecule has 0 spiro atoms. The number of methoxy groups -OCH3 is 1. The number of nitrogens with one attached hydrogen (secondary N) is 1. The van der Waals surface area contributed by atoms with Crippen LogP contribution in [0.4, 0.5) is 0 Å². The Morgan fingerprint density at radius 1 is 1.09 bits per heavy atom. The molecule has 1 atom stereocenters. The van der Waals surface area contributed by atoms with E-state index in [4.69, 9.17) is 26.0 Å². The second kappa shape index (κ2) is 10.3. The van der Waals surface area contributed by atoms with E-state index in [0.29, 0.717) is 30.3 Å². The van der Waals surface area contributed by atoms with Crippen LogP contribution in [0.2, 0.25) is 0 Å². The summed E-state index contributed by atoms with van der Waals surface area (Å²) in [5.74, 6) is 1.41.